The molecule has 216 valence electrons. The summed E-state index contributed by atoms with van der Waals surface area (Å²) in [6.07, 6.45) is -4.13. The number of nitrogens with one attached hydrogen (secondary N) is 1. The van der Waals surface area contributed by atoms with Gasteiger partial charge in [-0.05, 0) is 49.2 Å². The van der Waals surface area contributed by atoms with E-state index in [1.54, 1.807) is 4.90 Å². The summed E-state index contributed by atoms with van der Waals surface area (Å²) in [6, 6.07) is 6.00. The van der Waals surface area contributed by atoms with Crippen molar-refractivity contribution in [3.05, 3.63) is 63.7 Å². The van der Waals surface area contributed by atoms with Gasteiger partial charge in [-0.15, -0.1) is 0 Å². The molecular formula is C27H26F4N6O4. The molecule has 1 atom stereocenters. The van der Waals surface area contributed by atoms with Gasteiger partial charge >= 0.3 is 12.2 Å². The van der Waals surface area contributed by atoms with Crippen LogP contribution in [0.15, 0.2) is 41.2 Å². The maximum absolute atomic E-state index is 14.3. The number of rotatable bonds is 5. The monoisotopic (exact) mass is 574 g/mol. The summed E-state index contributed by atoms with van der Waals surface area (Å²) in [7, 11) is 1.26. The van der Waals surface area contributed by atoms with Crippen LogP contribution in [0.25, 0.3) is 16.9 Å². The Morgan fingerprint density at radius 3 is 2.56 bits per heavy atom. The Morgan fingerprint density at radius 1 is 1.15 bits per heavy atom. The van der Waals surface area contributed by atoms with Crippen LogP contribution in [0.3, 0.4) is 0 Å². The summed E-state index contributed by atoms with van der Waals surface area (Å²) in [5.41, 5.74) is 3.68. The first-order valence-electron chi connectivity index (χ1n) is 12.7. The van der Waals surface area contributed by atoms with Gasteiger partial charge in [0.25, 0.3) is 5.56 Å². The largest absolute Gasteiger partial charge is 0.494 e. The Kier molecular flexibility index (Phi) is 7.09. The minimum absolute atomic E-state index is 0.0153. The van der Waals surface area contributed by atoms with Crippen LogP contribution in [-0.4, -0.2) is 54.5 Å². The molecule has 0 aliphatic carbocycles. The van der Waals surface area contributed by atoms with Gasteiger partial charge in [-0.25, -0.2) is 9.18 Å². The second kappa shape index (κ2) is 10.4. The molecule has 0 bridgehead atoms. The lowest BCUT2D eigenvalue weighted by atomic mass is 10.0. The maximum atomic E-state index is 14.3. The van der Waals surface area contributed by atoms with Gasteiger partial charge in [-0.3, -0.25) is 14.5 Å². The number of amides is 3. The highest BCUT2D eigenvalue weighted by molar-refractivity contribution is 5.94. The number of ether oxygens (including phenoxy) is 1. The first-order chi connectivity index (χ1) is 19.4. The van der Waals surface area contributed by atoms with Gasteiger partial charge in [0.2, 0.25) is 5.91 Å². The number of benzene rings is 2. The SMILES string of the molecule is COc1cc(-c2nn(-c3cc(N4CC[C@@H](NC(C)=O)C4)ccc3C(F)(F)F)c(=O)c3c2CCN3C(N)=O)ccc1F. The quantitative estimate of drug-likeness (QED) is 0.452. The highest BCUT2D eigenvalue weighted by Crippen LogP contribution is 2.39. The van der Waals surface area contributed by atoms with E-state index in [1.165, 1.54) is 38.3 Å². The Morgan fingerprint density at radius 2 is 1.90 bits per heavy atom. The fourth-order valence-corrected chi connectivity index (χ4v) is 5.35. The van der Waals surface area contributed by atoms with Gasteiger partial charge in [0.15, 0.2) is 11.6 Å². The number of carbonyl (C=O) groups is 2. The number of primary amides is 1. The van der Waals surface area contributed by atoms with Crippen LogP contribution < -0.4 is 31.1 Å². The van der Waals surface area contributed by atoms with Crippen LogP contribution in [0.1, 0.15) is 24.5 Å². The van der Waals surface area contributed by atoms with Gasteiger partial charge in [0.05, 0.1) is 24.1 Å². The number of nitrogens with zero attached hydrogens (tertiary/aromatic N) is 4. The van der Waals surface area contributed by atoms with E-state index in [-0.39, 0.29) is 47.6 Å². The van der Waals surface area contributed by atoms with Crippen LogP contribution in [-0.2, 0) is 17.4 Å². The molecule has 2 aromatic carbocycles. The molecule has 2 aliphatic heterocycles. The normalized spacial score (nSPS) is 16.6. The molecule has 14 heteroatoms. The predicted molar refractivity (Wildman–Crippen MR) is 142 cm³/mol. The van der Waals surface area contributed by atoms with Crippen molar-refractivity contribution < 1.29 is 31.9 Å². The van der Waals surface area contributed by atoms with Crippen molar-refractivity contribution in [2.45, 2.75) is 32.0 Å². The van der Waals surface area contributed by atoms with E-state index >= 15 is 0 Å². The lowest BCUT2D eigenvalue weighted by Gasteiger charge is -2.23. The van der Waals surface area contributed by atoms with Crippen molar-refractivity contribution in [2.75, 3.05) is 36.5 Å². The average molecular weight is 575 g/mol. The van der Waals surface area contributed by atoms with Gasteiger partial charge in [0, 0.05) is 49.4 Å². The molecule has 3 amide bonds. The van der Waals surface area contributed by atoms with Gasteiger partial charge in [0.1, 0.15) is 5.69 Å². The minimum atomic E-state index is -4.86. The van der Waals surface area contributed by atoms with Gasteiger partial charge in [-0.2, -0.15) is 23.0 Å². The number of nitrogens with two attached hydrogens (primary N) is 1. The first kappa shape index (κ1) is 27.9. The van der Waals surface area contributed by atoms with E-state index in [1.807, 2.05) is 0 Å². The Balaban J connectivity index is 1.73. The topological polar surface area (TPSA) is 123 Å². The molecule has 2 aliphatic rings. The molecule has 1 fully saturated rings. The maximum Gasteiger partial charge on any atom is 0.418 e. The van der Waals surface area contributed by atoms with Crippen molar-refractivity contribution in [1.29, 1.82) is 0 Å². The summed E-state index contributed by atoms with van der Waals surface area (Å²) in [5.74, 6) is -1.03. The molecular weight excluding hydrogens is 548 g/mol. The number of methoxy groups -OCH3 is 1. The van der Waals surface area contributed by atoms with Crippen LogP contribution in [0.2, 0.25) is 0 Å². The van der Waals surface area contributed by atoms with E-state index in [0.29, 0.717) is 35.4 Å². The summed E-state index contributed by atoms with van der Waals surface area (Å²) in [6.45, 7) is 2.21. The molecule has 1 saturated heterocycles. The summed E-state index contributed by atoms with van der Waals surface area (Å²) in [4.78, 5) is 40.2. The minimum Gasteiger partial charge on any atom is -0.494 e. The molecule has 41 heavy (non-hydrogen) atoms. The first-order valence-corrected chi connectivity index (χ1v) is 12.7. The van der Waals surface area contributed by atoms with E-state index in [4.69, 9.17) is 10.5 Å². The lowest BCUT2D eigenvalue weighted by molar-refractivity contribution is -0.137. The summed E-state index contributed by atoms with van der Waals surface area (Å²) < 4.78 is 62.7. The molecule has 5 rings (SSSR count). The molecule has 3 heterocycles. The van der Waals surface area contributed by atoms with Crippen molar-refractivity contribution >= 4 is 23.3 Å². The third-order valence-electron chi connectivity index (χ3n) is 7.19. The number of hydrogen-bond donors (Lipinski definition) is 2. The second-order valence-electron chi connectivity index (χ2n) is 9.81. The van der Waals surface area contributed by atoms with Crippen molar-refractivity contribution in [3.8, 4) is 22.7 Å². The van der Waals surface area contributed by atoms with E-state index in [0.717, 1.165) is 17.0 Å². The standard InChI is InChI=1S/C27H26F4N6O4/c1-14(38)33-16-7-9-35(13-16)17-4-5-19(27(29,30)31)21(12-17)37-25(39)24-18(8-10-36(24)26(32)40)23(34-37)15-3-6-20(28)22(11-15)41-2/h3-6,11-12,16H,7-10,13H2,1-2H3,(H2,32,40)(H,33,38)/t16-/m1/s1. The predicted octanol–water partition coefficient (Wildman–Crippen LogP) is 3.22. The molecule has 0 unspecified atom stereocenters. The molecule has 3 N–H and O–H groups in total. The Hall–Kier alpha value is -4.62. The Labute approximate surface area is 231 Å². The van der Waals surface area contributed by atoms with Crippen LogP contribution in [0, 0.1) is 5.82 Å². The number of aromatic nitrogens is 2. The lowest BCUT2D eigenvalue weighted by Crippen LogP contribution is -2.39. The highest BCUT2D eigenvalue weighted by Gasteiger charge is 2.38. The number of alkyl halides is 3. The second-order valence-corrected chi connectivity index (χ2v) is 9.81. The van der Waals surface area contributed by atoms with Crippen LogP contribution >= 0.6 is 0 Å². The Bertz CT molecular complexity index is 1610. The molecule has 10 nitrogen and oxygen atoms in total. The number of hydrogen-bond acceptors (Lipinski definition) is 6. The number of urea groups is 1. The van der Waals surface area contributed by atoms with E-state index in [9.17, 15) is 31.9 Å². The van der Waals surface area contributed by atoms with Crippen molar-refractivity contribution in [3.63, 3.8) is 0 Å². The summed E-state index contributed by atoms with van der Waals surface area (Å²) in [5, 5.41) is 7.15. The van der Waals surface area contributed by atoms with Crippen LogP contribution in [0.4, 0.5) is 33.7 Å². The number of fused-ring (bicyclic) bond motifs is 1. The number of anilines is 2. The molecule has 0 spiro atoms. The van der Waals surface area contributed by atoms with E-state index in [2.05, 4.69) is 10.4 Å². The zero-order valence-electron chi connectivity index (χ0n) is 22.1. The summed E-state index contributed by atoms with van der Waals surface area (Å²) >= 11 is 0. The van der Waals surface area contributed by atoms with Gasteiger partial charge in [-0.1, -0.05) is 0 Å². The number of carbonyl (C=O) groups excluding carboxylic acids is 2. The zero-order chi connectivity index (χ0) is 29.6. The fourth-order valence-electron chi connectivity index (χ4n) is 5.35. The van der Waals surface area contributed by atoms with Gasteiger partial charge < -0.3 is 20.7 Å². The molecule has 1 aromatic heterocycles. The van der Waals surface area contributed by atoms with E-state index < -0.39 is 34.8 Å². The van der Waals surface area contributed by atoms with Crippen molar-refractivity contribution in [1.82, 2.24) is 15.1 Å². The van der Waals surface area contributed by atoms with Crippen LogP contribution in [0.5, 0.6) is 5.75 Å². The third kappa shape index (κ3) is 5.16. The zero-order valence-corrected chi connectivity index (χ0v) is 22.1. The smallest absolute Gasteiger partial charge is 0.418 e. The molecule has 3 aromatic rings. The number of halogens is 4. The third-order valence-corrected chi connectivity index (χ3v) is 7.19. The molecule has 0 radical (unpaired) electrons. The van der Waals surface area contributed by atoms with Crippen molar-refractivity contribution in [2.24, 2.45) is 5.73 Å². The highest BCUT2D eigenvalue weighted by atomic mass is 19.4. The average Bonchev–Trinajstić information content (AvgIpc) is 3.56. The fraction of sp³-hybridized carbons (Fsp3) is 0.333. The molecule has 0 saturated carbocycles.